The summed E-state index contributed by atoms with van der Waals surface area (Å²) < 4.78 is 40.5. The van der Waals surface area contributed by atoms with Crippen LogP contribution in [0.25, 0.3) is 0 Å². The van der Waals surface area contributed by atoms with Crippen molar-refractivity contribution in [2.75, 3.05) is 0 Å². The van der Waals surface area contributed by atoms with E-state index in [1.165, 1.54) is 6.20 Å². The highest BCUT2D eigenvalue weighted by Crippen LogP contribution is 2.32. The maximum absolute atomic E-state index is 12.2. The van der Waals surface area contributed by atoms with E-state index in [1.54, 1.807) is 22.6 Å². The molecule has 0 saturated heterocycles. The Kier molecular flexibility index (Phi) is 4.73. The fraction of sp³-hybridized carbons (Fsp3) is 0.333. The highest BCUT2D eigenvalue weighted by atomic mass is 127. The van der Waals surface area contributed by atoms with Crippen LogP contribution >= 0.6 is 22.6 Å². The Bertz CT molecular complexity index is 465. The monoisotopic (exact) mass is 376 g/mol. The second-order valence-electron chi connectivity index (χ2n) is 3.20. The predicted octanol–water partition coefficient (Wildman–Crippen LogP) is 1.67. The normalized spacial score (nSPS) is 11.4. The smallest absolute Gasteiger partial charge is 0.481 e. The lowest BCUT2D eigenvalue weighted by atomic mass is 10.1. The molecule has 9 heteroatoms. The standard InChI is InChI=1S/C9H8F3IN2O3/c10-9(11,12)18-7-5(2-14)4(1-6(16)17)3-15-8(7)13/h3H,1-2,14H2,(H,16,17). The molecule has 0 bridgehead atoms. The third kappa shape index (κ3) is 3.98. The number of halogens is 4. The fourth-order valence-corrected chi connectivity index (χ4v) is 1.87. The first kappa shape index (κ1) is 15.0. The number of carbonyl (C=O) groups is 1. The van der Waals surface area contributed by atoms with Crippen LogP contribution in [-0.2, 0) is 17.8 Å². The first-order valence-electron chi connectivity index (χ1n) is 4.58. The molecule has 0 aliphatic rings. The number of carboxylic acid groups (broad SMARTS) is 1. The Morgan fingerprint density at radius 1 is 1.56 bits per heavy atom. The third-order valence-electron chi connectivity index (χ3n) is 1.95. The Hall–Kier alpha value is -1.10. The molecule has 0 amide bonds. The molecule has 0 aromatic carbocycles. The maximum Gasteiger partial charge on any atom is 0.573 e. The summed E-state index contributed by atoms with van der Waals surface area (Å²) in [5, 5.41) is 8.65. The van der Waals surface area contributed by atoms with Gasteiger partial charge in [0.05, 0.1) is 6.42 Å². The summed E-state index contributed by atoms with van der Waals surface area (Å²) in [7, 11) is 0. The third-order valence-corrected chi connectivity index (χ3v) is 2.71. The predicted molar refractivity (Wildman–Crippen MR) is 62.9 cm³/mol. The first-order chi connectivity index (χ1) is 8.24. The topological polar surface area (TPSA) is 85.4 Å². The van der Waals surface area contributed by atoms with Crippen LogP contribution in [0.5, 0.6) is 5.75 Å². The number of hydrogen-bond donors (Lipinski definition) is 2. The van der Waals surface area contributed by atoms with Crippen molar-refractivity contribution in [3.05, 3.63) is 21.0 Å². The summed E-state index contributed by atoms with van der Waals surface area (Å²) in [4.78, 5) is 14.3. The minimum Gasteiger partial charge on any atom is -0.481 e. The average molecular weight is 376 g/mol. The van der Waals surface area contributed by atoms with E-state index in [1.807, 2.05) is 0 Å². The van der Waals surface area contributed by atoms with Gasteiger partial charge in [-0.1, -0.05) is 0 Å². The van der Waals surface area contributed by atoms with Crippen molar-refractivity contribution in [1.82, 2.24) is 4.98 Å². The van der Waals surface area contributed by atoms with Crippen LogP contribution in [0.15, 0.2) is 6.20 Å². The zero-order valence-corrected chi connectivity index (χ0v) is 10.9. The summed E-state index contributed by atoms with van der Waals surface area (Å²) in [6.07, 6.45) is -4.17. The molecule has 0 spiro atoms. The van der Waals surface area contributed by atoms with Crippen LogP contribution in [0.1, 0.15) is 11.1 Å². The minimum absolute atomic E-state index is 0.00544. The lowest BCUT2D eigenvalue weighted by Gasteiger charge is -2.15. The highest BCUT2D eigenvalue weighted by Gasteiger charge is 2.34. The lowest BCUT2D eigenvalue weighted by molar-refractivity contribution is -0.275. The summed E-state index contributed by atoms with van der Waals surface area (Å²) in [5.74, 6) is -1.73. The van der Waals surface area contributed by atoms with Gasteiger partial charge in [0.1, 0.15) is 3.70 Å². The quantitative estimate of drug-likeness (QED) is 0.617. The van der Waals surface area contributed by atoms with Gasteiger partial charge in [-0.3, -0.25) is 4.79 Å². The largest absolute Gasteiger partial charge is 0.573 e. The van der Waals surface area contributed by atoms with Crippen LogP contribution in [-0.4, -0.2) is 22.4 Å². The van der Waals surface area contributed by atoms with E-state index in [0.29, 0.717) is 0 Å². The molecule has 0 aliphatic carbocycles. The molecule has 0 fully saturated rings. The van der Waals surface area contributed by atoms with Gasteiger partial charge in [-0.25, -0.2) is 4.98 Å². The van der Waals surface area contributed by atoms with E-state index < -0.39 is 24.5 Å². The van der Waals surface area contributed by atoms with Gasteiger partial charge in [0.15, 0.2) is 5.75 Å². The van der Waals surface area contributed by atoms with E-state index in [0.717, 1.165) is 0 Å². The van der Waals surface area contributed by atoms with E-state index in [2.05, 4.69) is 9.72 Å². The number of pyridine rings is 1. The molecule has 1 rings (SSSR count). The van der Waals surface area contributed by atoms with E-state index >= 15 is 0 Å². The fourth-order valence-electron chi connectivity index (χ4n) is 1.30. The molecule has 0 atom stereocenters. The number of ether oxygens (including phenoxy) is 1. The molecule has 0 aliphatic heterocycles. The van der Waals surface area contributed by atoms with Crippen LogP contribution in [0, 0.1) is 3.70 Å². The van der Waals surface area contributed by atoms with Crippen LogP contribution in [0.4, 0.5) is 13.2 Å². The molecule has 18 heavy (non-hydrogen) atoms. The van der Waals surface area contributed by atoms with Crippen molar-refractivity contribution >= 4 is 28.6 Å². The number of alkyl halides is 3. The molecule has 5 nitrogen and oxygen atoms in total. The van der Waals surface area contributed by atoms with Gasteiger partial charge in [0, 0.05) is 18.3 Å². The molecule has 0 unspecified atom stereocenters. The summed E-state index contributed by atoms with van der Waals surface area (Å²) >= 11 is 1.56. The molecule has 100 valence electrons. The molecule has 1 aromatic rings. The molecule has 0 radical (unpaired) electrons. The SMILES string of the molecule is NCc1c(CC(=O)O)cnc(I)c1OC(F)(F)F. The van der Waals surface area contributed by atoms with Crippen LogP contribution in [0.3, 0.4) is 0 Å². The van der Waals surface area contributed by atoms with Gasteiger partial charge in [-0.05, 0) is 28.2 Å². The van der Waals surface area contributed by atoms with Crippen molar-refractivity contribution in [2.45, 2.75) is 19.3 Å². The van der Waals surface area contributed by atoms with E-state index in [9.17, 15) is 18.0 Å². The van der Waals surface area contributed by atoms with Gasteiger partial charge in [-0.15, -0.1) is 13.2 Å². The van der Waals surface area contributed by atoms with Crippen molar-refractivity contribution in [3.63, 3.8) is 0 Å². The Labute approximate surface area is 113 Å². The first-order valence-corrected chi connectivity index (χ1v) is 5.66. The number of hydrogen-bond acceptors (Lipinski definition) is 4. The number of aromatic nitrogens is 1. The Morgan fingerprint density at radius 3 is 2.61 bits per heavy atom. The second-order valence-corrected chi connectivity index (χ2v) is 4.23. The summed E-state index contributed by atoms with van der Waals surface area (Å²) in [5.41, 5.74) is 5.44. The molecular weight excluding hydrogens is 368 g/mol. The minimum atomic E-state index is -4.88. The van der Waals surface area contributed by atoms with Gasteiger partial charge >= 0.3 is 12.3 Å². The average Bonchev–Trinajstić information content (AvgIpc) is 2.20. The maximum atomic E-state index is 12.2. The Morgan fingerprint density at radius 2 is 2.17 bits per heavy atom. The van der Waals surface area contributed by atoms with Crippen LogP contribution in [0.2, 0.25) is 0 Å². The van der Waals surface area contributed by atoms with Crippen molar-refractivity contribution in [2.24, 2.45) is 5.73 Å². The molecular formula is C9H8F3IN2O3. The summed E-state index contributed by atoms with van der Waals surface area (Å²) in [6.45, 7) is -0.271. The van der Waals surface area contributed by atoms with Crippen molar-refractivity contribution in [1.29, 1.82) is 0 Å². The number of rotatable bonds is 4. The number of carboxylic acids is 1. The van der Waals surface area contributed by atoms with Crippen LogP contribution < -0.4 is 10.5 Å². The van der Waals surface area contributed by atoms with E-state index in [-0.39, 0.29) is 21.4 Å². The zero-order valence-electron chi connectivity index (χ0n) is 8.79. The number of nitrogens with zero attached hydrogens (tertiary/aromatic N) is 1. The highest BCUT2D eigenvalue weighted by molar-refractivity contribution is 14.1. The molecule has 3 N–H and O–H groups in total. The van der Waals surface area contributed by atoms with Gasteiger partial charge < -0.3 is 15.6 Å². The van der Waals surface area contributed by atoms with E-state index in [4.69, 9.17) is 10.8 Å². The second kappa shape index (κ2) is 5.69. The zero-order chi connectivity index (χ0) is 13.9. The number of nitrogens with two attached hydrogens (primary N) is 1. The van der Waals surface area contributed by atoms with Crippen molar-refractivity contribution < 1.29 is 27.8 Å². The summed E-state index contributed by atoms with van der Waals surface area (Å²) in [6, 6.07) is 0. The molecule has 0 saturated carbocycles. The van der Waals surface area contributed by atoms with Gasteiger partial charge in [0.25, 0.3) is 0 Å². The molecule has 1 aromatic heterocycles. The number of aliphatic carboxylic acids is 1. The van der Waals surface area contributed by atoms with Crippen molar-refractivity contribution in [3.8, 4) is 5.75 Å². The Balaban J connectivity index is 3.25. The lowest BCUT2D eigenvalue weighted by Crippen LogP contribution is -2.21. The molecule has 1 heterocycles. The van der Waals surface area contributed by atoms with Gasteiger partial charge in [0.2, 0.25) is 0 Å². The van der Waals surface area contributed by atoms with Gasteiger partial charge in [-0.2, -0.15) is 0 Å².